The SMILES string of the molecule is CCOc1ccccc1NC(=O)Nc1ccc2cc[nH]c2c1. The average molecular weight is 295 g/mol. The molecule has 0 aliphatic carbocycles. The Labute approximate surface area is 128 Å². The fraction of sp³-hybridized carbons (Fsp3) is 0.118. The molecular formula is C17H17N3O2. The Morgan fingerprint density at radius 2 is 2.00 bits per heavy atom. The van der Waals surface area contributed by atoms with Crippen molar-refractivity contribution in [3.8, 4) is 5.75 Å². The first-order valence-electron chi connectivity index (χ1n) is 7.13. The summed E-state index contributed by atoms with van der Waals surface area (Å²) in [5.74, 6) is 0.653. The van der Waals surface area contributed by atoms with E-state index in [-0.39, 0.29) is 6.03 Å². The molecule has 0 spiro atoms. The van der Waals surface area contributed by atoms with E-state index in [0.717, 1.165) is 16.6 Å². The molecule has 0 aliphatic heterocycles. The number of urea groups is 1. The molecule has 112 valence electrons. The summed E-state index contributed by atoms with van der Waals surface area (Å²) in [5.41, 5.74) is 2.34. The number of aromatic nitrogens is 1. The number of amides is 2. The first-order chi connectivity index (χ1) is 10.8. The van der Waals surface area contributed by atoms with Crippen molar-refractivity contribution in [3.63, 3.8) is 0 Å². The van der Waals surface area contributed by atoms with Crippen LogP contribution in [-0.2, 0) is 0 Å². The van der Waals surface area contributed by atoms with Crippen molar-refractivity contribution in [1.29, 1.82) is 0 Å². The van der Waals surface area contributed by atoms with Crippen molar-refractivity contribution in [2.24, 2.45) is 0 Å². The Morgan fingerprint density at radius 1 is 1.14 bits per heavy atom. The van der Waals surface area contributed by atoms with Gasteiger partial charge in [-0.25, -0.2) is 4.79 Å². The number of ether oxygens (including phenoxy) is 1. The number of para-hydroxylation sites is 2. The van der Waals surface area contributed by atoms with Crippen molar-refractivity contribution in [2.75, 3.05) is 17.2 Å². The Hall–Kier alpha value is -2.95. The number of aromatic amines is 1. The highest BCUT2D eigenvalue weighted by atomic mass is 16.5. The molecular weight excluding hydrogens is 278 g/mol. The molecule has 0 radical (unpaired) electrons. The molecule has 2 amide bonds. The lowest BCUT2D eigenvalue weighted by atomic mass is 10.2. The zero-order valence-corrected chi connectivity index (χ0v) is 12.2. The summed E-state index contributed by atoms with van der Waals surface area (Å²) < 4.78 is 5.49. The number of nitrogens with one attached hydrogen (secondary N) is 3. The van der Waals surface area contributed by atoms with Crippen LogP contribution in [0.2, 0.25) is 0 Å². The van der Waals surface area contributed by atoms with Gasteiger partial charge in [0.15, 0.2) is 0 Å². The molecule has 0 aliphatic rings. The molecule has 1 aromatic heterocycles. The smallest absolute Gasteiger partial charge is 0.323 e. The standard InChI is InChI=1S/C17H17N3O2/c1-2-22-16-6-4-3-5-14(16)20-17(21)19-13-8-7-12-9-10-18-15(12)11-13/h3-11,18H,2H2,1H3,(H2,19,20,21). The van der Waals surface area contributed by atoms with Crippen LogP contribution in [0.5, 0.6) is 5.75 Å². The molecule has 2 aromatic carbocycles. The van der Waals surface area contributed by atoms with Gasteiger partial charge in [-0.1, -0.05) is 18.2 Å². The van der Waals surface area contributed by atoms with Crippen molar-refractivity contribution in [3.05, 3.63) is 54.7 Å². The van der Waals surface area contributed by atoms with Crippen LogP contribution < -0.4 is 15.4 Å². The molecule has 3 rings (SSSR count). The number of carbonyl (C=O) groups excluding carboxylic acids is 1. The Kier molecular flexibility index (Phi) is 3.96. The van der Waals surface area contributed by atoms with Crippen molar-refractivity contribution < 1.29 is 9.53 Å². The van der Waals surface area contributed by atoms with Gasteiger partial charge >= 0.3 is 6.03 Å². The van der Waals surface area contributed by atoms with Gasteiger partial charge in [-0.3, -0.25) is 0 Å². The fourth-order valence-electron chi connectivity index (χ4n) is 2.26. The number of fused-ring (bicyclic) bond motifs is 1. The lowest BCUT2D eigenvalue weighted by Gasteiger charge is -2.12. The lowest BCUT2D eigenvalue weighted by Crippen LogP contribution is -2.19. The molecule has 3 aromatic rings. The third-order valence-electron chi connectivity index (χ3n) is 3.25. The largest absolute Gasteiger partial charge is 0.492 e. The second kappa shape index (κ2) is 6.22. The van der Waals surface area contributed by atoms with Gasteiger partial charge in [-0.05, 0) is 42.6 Å². The van der Waals surface area contributed by atoms with Crippen LogP contribution >= 0.6 is 0 Å². The molecule has 0 saturated heterocycles. The lowest BCUT2D eigenvalue weighted by molar-refractivity contribution is 0.262. The monoisotopic (exact) mass is 295 g/mol. The Bertz CT molecular complexity index is 795. The molecule has 5 heteroatoms. The normalized spacial score (nSPS) is 10.4. The van der Waals surface area contributed by atoms with Gasteiger partial charge in [0.25, 0.3) is 0 Å². The minimum atomic E-state index is -0.307. The molecule has 0 atom stereocenters. The predicted octanol–water partition coefficient (Wildman–Crippen LogP) is 4.21. The summed E-state index contributed by atoms with van der Waals surface area (Å²) in [6.45, 7) is 2.45. The van der Waals surface area contributed by atoms with Crippen LogP contribution in [0.4, 0.5) is 16.2 Å². The fourth-order valence-corrected chi connectivity index (χ4v) is 2.26. The molecule has 0 fully saturated rings. The summed E-state index contributed by atoms with van der Waals surface area (Å²) in [6, 6.07) is 14.7. The van der Waals surface area contributed by atoms with E-state index in [1.165, 1.54) is 0 Å². The average Bonchev–Trinajstić information content (AvgIpc) is 2.97. The van der Waals surface area contributed by atoms with Crippen LogP contribution in [0, 0.1) is 0 Å². The maximum atomic E-state index is 12.1. The highest BCUT2D eigenvalue weighted by molar-refractivity contribution is 6.01. The van der Waals surface area contributed by atoms with Crippen LogP contribution in [0.25, 0.3) is 10.9 Å². The number of benzene rings is 2. The van der Waals surface area contributed by atoms with Crippen LogP contribution in [-0.4, -0.2) is 17.6 Å². The molecule has 0 unspecified atom stereocenters. The Morgan fingerprint density at radius 3 is 2.86 bits per heavy atom. The van der Waals surface area contributed by atoms with E-state index >= 15 is 0 Å². The van der Waals surface area contributed by atoms with Gasteiger partial charge in [0.2, 0.25) is 0 Å². The molecule has 0 bridgehead atoms. The van der Waals surface area contributed by atoms with E-state index in [9.17, 15) is 4.79 Å². The third-order valence-corrected chi connectivity index (χ3v) is 3.25. The summed E-state index contributed by atoms with van der Waals surface area (Å²) in [4.78, 5) is 15.2. The maximum Gasteiger partial charge on any atom is 0.323 e. The molecule has 3 N–H and O–H groups in total. The zero-order chi connectivity index (χ0) is 15.4. The highest BCUT2D eigenvalue weighted by Crippen LogP contribution is 2.24. The second-order valence-electron chi connectivity index (χ2n) is 4.79. The van der Waals surface area contributed by atoms with E-state index in [4.69, 9.17) is 4.74 Å². The van der Waals surface area contributed by atoms with Crippen molar-refractivity contribution in [1.82, 2.24) is 4.98 Å². The summed E-state index contributed by atoms with van der Waals surface area (Å²) in [5, 5.41) is 6.72. The minimum Gasteiger partial charge on any atom is -0.492 e. The van der Waals surface area contributed by atoms with Gasteiger partial charge in [0, 0.05) is 17.4 Å². The Balaban J connectivity index is 1.72. The molecule has 1 heterocycles. The predicted molar refractivity (Wildman–Crippen MR) is 88.6 cm³/mol. The summed E-state index contributed by atoms with van der Waals surface area (Å²) in [7, 11) is 0. The minimum absolute atomic E-state index is 0.307. The van der Waals surface area contributed by atoms with Crippen LogP contribution in [0.1, 0.15) is 6.92 Å². The number of carbonyl (C=O) groups is 1. The number of anilines is 2. The molecule has 5 nitrogen and oxygen atoms in total. The molecule has 0 saturated carbocycles. The van der Waals surface area contributed by atoms with Gasteiger partial charge < -0.3 is 20.4 Å². The van der Waals surface area contributed by atoms with Gasteiger partial charge in [-0.2, -0.15) is 0 Å². The first kappa shape index (κ1) is 14.0. The van der Waals surface area contributed by atoms with Crippen LogP contribution in [0.3, 0.4) is 0 Å². The van der Waals surface area contributed by atoms with E-state index < -0.39 is 0 Å². The van der Waals surface area contributed by atoms with Crippen molar-refractivity contribution in [2.45, 2.75) is 6.92 Å². The van der Waals surface area contributed by atoms with E-state index in [1.807, 2.05) is 55.6 Å². The number of hydrogen-bond acceptors (Lipinski definition) is 2. The van der Waals surface area contributed by atoms with E-state index in [0.29, 0.717) is 18.0 Å². The quantitative estimate of drug-likeness (QED) is 0.675. The number of rotatable bonds is 4. The van der Waals surface area contributed by atoms with Crippen molar-refractivity contribution >= 4 is 28.3 Å². The second-order valence-corrected chi connectivity index (χ2v) is 4.79. The van der Waals surface area contributed by atoms with Gasteiger partial charge in [-0.15, -0.1) is 0 Å². The molecule has 22 heavy (non-hydrogen) atoms. The van der Waals surface area contributed by atoms with E-state index in [2.05, 4.69) is 15.6 Å². The third kappa shape index (κ3) is 3.03. The highest BCUT2D eigenvalue weighted by Gasteiger charge is 2.07. The zero-order valence-electron chi connectivity index (χ0n) is 12.2. The first-order valence-corrected chi connectivity index (χ1v) is 7.13. The maximum absolute atomic E-state index is 12.1. The van der Waals surface area contributed by atoms with Gasteiger partial charge in [0.1, 0.15) is 5.75 Å². The topological polar surface area (TPSA) is 66.2 Å². The van der Waals surface area contributed by atoms with E-state index in [1.54, 1.807) is 6.07 Å². The summed E-state index contributed by atoms with van der Waals surface area (Å²) in [6.07, 6.45) is 1.87. The van der Waals surface area contributed by atoms with Gasteiger partial charge in [0.05, 0.1) is 12.3 Å². The number of H-pyrrole nitrogens is 1. The summed E-state index contributed by atoms with van der Waals surface area (Å²) >= 11 is 0. The van der Waals surface area contributed by atoms with Crippen LogP contribution in [0.15, 0.2) is 54.7 Å². The number of hydrogen-bond donors (Lipinski definition) is 3.